The molecule has 1 aromatic carbocycles. The van der Waals surface area contributed by atoms with Gasteiger partial charge in [0, 0.05) is 12.3 Å². The van der Waals surface area contributed by atoms with Gasteiger partial charge in [0.15, 0.2) is 0 Å². The van der Waals surface area contributed by atoms with Gasteiger partial charge < -0.3 is 4.74 Å². The molecule has 0 unspecified atom stereocenters. The third-order valence-corrected chi connectivity index (χ3v) is 3.32. The number of esters is 1. The molecule has 1 aromatic heterocycles. The Morgan fingerprint density at radius 3 is 2.57 bits per heavy atom. The second-order valence-electron chi connectivity index (χ2n) is 4.76. The zero-order valence-corrected chi connectivity index (χ0v) is 12.8. The maximum absolute atomic E-state index is 12.7. The van der Waals surface area contributed by atoms with Gasteiger partial charge in [0.2, 0.25) is 0 Å². The molecule has 2 rings (SSSR count). The average Bonchev–Trinajstić information content (AvgIpc) is 2.99. The molecule has 0 atom stereocenters. The predicted octanol–water partition coefficient (Wildman–Crippen LogP) is 2.82. The largest absolute Gasteiger partial charge is 0.461 e. The van der Waals surface area contributed by atoms with E-state index in [1.54, 1.807) is 13.0 Å². The molecular weight excluding hydrogens is 300 g/mol. The van der Waals surface area contributed by atoms with E-state index in [4.69, 9.17) is 4.74 Å². The summed E-state index contributed by atoms with van der Waals surface area (Å²) in [5.41, 5.74) is 0.437. The summed E-state index contributed by atoms with van der Waals surface area (Å²) < 4.78 is 6.05. The van der Waals surface area contributed by atoms with Crippen molar-refractivity contribution in [2.45, 2.75) is 20.3 Å². The predicted molar refractivity (Wildman–Crippen MR) is 82.6 cm³/mol. The molecule has 0 bridgehead atoms. The third-order valence-electron chi connectivity index (χ3n) is 3.32. The minimum Gasteiger partial charge on any atom is -0.461 e. The van der Waals surface area contributed by atoms with Gasteiger partial charge in [-0.1, -0.05) is 19.1 Å². The average molecular weight is 316 g/mol. The minimum atomic E-state index is -0.640. The van der Waals surface area contributed by atoms with Crippen molar-refractivity contribution >= 4 is 17.6 Å². The summed E-state index contributed by atoms with van der Waals surface area (Å²) in [5, 5.41) is 11.1. The number of hydrogen-bond donors (Lipinski definition) is 0. The molecular formula is C16H16N2O5. The van der Waals surface area contributed by atoms with Crippen LogP contribution in [-0.2, 0) is 11.2 Å². The second kappa shape index (κ2) is 6.87. The fraction of sp³-hybridized carbons (Fsp3) is 0.250. The van der Waals surface area contributed by atoms with Gasteiger partial charge >= 0.3 is 5.97 Å². The maximum Gasteiger partial charge on any atom is 0.355 e. The molecule has 23 heavy (non-hydrogen) atoms. The first-order chi connectivity index (χ1) is 11.0. The second-order valence-corrected chi connectivity index (χ2v) is 4.76. The quantitative estimate of drug-likeness (QED) is 0.480. The van der Waals surface area contributed by atoms with Crippen LogP contribution >= 0.6 is 0 Å². The van der Waals surface area contributed by atoms with Gasteiger partial charge in [0.05, 0.1) is 11.5 Å². The van der Waals surface area contributed by atoms with Gasteiger partial charge in [-0.25, -0.2) is 4.79 Å². The Bertz CT molecular complexity index is 764. The van der Waals surface area contributed by atoms with Crippen molar-refractivity contribution < 1.29 is 19.2 Å². The van der Waals surface area contributed by atoms with E-state index >= 15 is 0 Å². The molecule has 0 N–H and O–H groups in total. The van der Waals surface area contributed by atoms with Gasteiger partial charge in [-0.3, -0.25) is 19.5 Å². The molecule has 7 heteroatoms. The molecule has 0 fully saturated rings. The lowest BCUT2D eigenvalue weighted by Crippen LogP contribution is -2.19. The molecule has 120 valence electrons. The van der Waals surface area contributed by atoms with E-state index in [1.165, 1.54) is 30.5 Å². The number of aryl methyl sites for hydroxylation is 1. The van der Waals surface area contributed by atoms with E-state index < -0.39 is 16.8 Å². The standard InChI is InChI=1S/C16H16N2O5/c1-3-11-9-14(16(20)23-4-2)17(10-11)15(19)12-7-5-6-8-13(12)18(21)22/h5-10H,3-4H2,1-2H3. The number of carbonyl (C=O) groups is 2. The number of ether oxygens (including phenoxy) is 1. The first kappa shape index (κ1) is 16.4. The van der Waals surface area contributed by atoms with Crippen LogP contribution in [0.5, 0.6) is 0 Å². The van der Waals surface area contributed by atoms with E-state index in [2.05, 4.69) is 0 Å². The Morgan fingerprint density at radius 1 is 1.26 bits per heavy atom. The highest BCUT2D eigenvalue weighted by Crippen LogP contribution is 2.21. The van der Waals surface area contributed by atoms with E-state index in [0.717, 1.165) is 10.1 Å². The highest BCUT2D eigenvalue weighted by molar-refractivity contribution is 6.03. The van der Waals surface area contributed by atoms with E-state index in [0.29, 0.717) is 6.42 Å². The van der Waals surface area contributed by atoms with Gasteiger partial charge in [-0.2, -0.15) is 0 Å². The zero-order chi connectivity index (χ0) is 17.0. The number of hydrogen-bond acceptors (Lipinski definition) is 5. The Hall–Kier alpha value is -2.96. The fourth-order valence-corrected chi connectivity index (χ4v) is 2.18. The van der Waals surface area contributed by atoms with Crippen LogP contribution in [0.15, 0.2) is 36.5 Å². The molecule has 0 spiro atoms. The SMILES string of the molecule is CCOC(=O)c1cc(CC)cn1C(=O)c1ccccc1[N+](=O)[O-]. The number of nitro groups is 1. The zero-order valence-electron chi connectivity index (χ0n) is 12.8. The lowest BCUT2D eigenvalue weighted by Gasteiger charge is -2.07. The fourth-order valence-electron chi connectivity index (χ4n) is 2.18. The highest BCUT2D eigenvalue weighted by atomic mass is 16.6. The van der Waals surface area contributed by atoms with Crippen LogP contribution in [-0.4, -0.2) is 28.0 Å². The molecule has 0 aliphatic rings. The molecule has 0 radical (unpaired) electrons. The molecule has 0 aliphatic heterocycles. The topological polar surface area (TPSA) is 91.4 Å². The minimum absolute atomic E-state index is 0.0619. The number of aromatic nitrogens is 1. The molecule has 0 saturated carbocycles. The summed E-state index contributed by atoms with van der Waals surface area (Å²) in [4.78, 5) is 35.2. The summed E-state index contributed by atoms with van der Waals surface area (Å²) in [5.74, 6) is -1.28. The Balaban J connectivity index is 2.53. The monoisotopic (exact) mass is 316 g/mol. The Morgan fingerprint density at radius 2 is 1.96 bits per heavy atom. The van der Waals surface area contributed by atoms with E-state index in [-0.39, 0.29) is 23.6 Å². The van der Waals surface area contributed by atoms with Crippen LogP contribution in [0.25, 0.3) is 0 Å². The lowest BCUT2D eigenvalue weighted by atomic mass is 10.1. The summed E-state index contributed by atoms with van der Waals surface area (Å²) in [6, 6.07) is 7.19. The van der Waals surface area contributed by atoms with Crippen molar-refractivity contribution in [2.24, 2.45) is 0 Å². The van der Waals surface area contributed by atoms with Crippen molar-refractivity contribution in [3.05, 3.63) is 63.5 Å². The van der Waals surface area contributed by atoms with Gasteiger partial charge in [-0.15, -0.1) is 0 Å². The van der Waals surface area contributed by atoms with Crippen LogP contribution in [0, 0.1) is 10.1 Å². The number of nitro benzene ring substituents is 1. The van der Waals surface area contributed by atoms with E-state index in [1.807, 2.05) is 6.92 Å². The molecule has 7 nitrogen and oxygen atoms in total. The molecule has 1 heterocycles. The van der Waals surface area contributed by atoms with Crippen LogP contribution in [0.4, 0.5) is 5.69 Å². The van der Waals surface area contributed by atoms with Crippen LogP contribution in [0.3, 0.4) is 0 Å². The van der Waals surface area contributed by atoms with Crippen molar-refractivity contribution in [2.75, 3.05) is 6.61 Å². The van der Waals surface area contributed by atoms with Crippen molar-refractivity contribution in [1.82, 2.24) is 4.57 Å². The van der Waals surface area contributed by atoms with Crippen LogP contribution in [0.2, 0.25) is 0 Å². The van der Waals surface area contributed by atoms with Crippen molar-refractivity contribution in [3.8, 4) is 0 Å². The Labute approximate surface area is 132 Å². The number of nitrogens with zero attached hydrogens (tertiary/aromatic N) is 2. The number of benzene rings is 1. The number of para-hydroxylation sites is 1. The molecule has 0 amide bonds. The summed E-state index contributed by atoms with van der Waals surface area (Å²) >= 11 is 0. The maximum atomic E-state index is 12.7. The highest BCUT2D eigenvalue weighted by Gasteiger charge is 2.25. The molecule has 0 saturated heterocycles. The first-order valence-corrected chi connectivity index (χ1v) is 7.16. The summed E-state index contributed by atoms with van der Waals surface area (Å²) in [6.45, 7) is 3.71. The molecule has 2 aromatic rings. The third kappa shape index (κ3) is 3.28. The number of rotatable bonds is 5. The lowest BCUT2D eigenvalue weighted by molar-refractivity contribution is -0.385. The summed E-state index contributed by atoms with van der Waals surface area (Å²) in [7, 11) is 0. The summed E-state index contributed by atoms with van der Waals surface area (Å²) in [6.07, 6.45) is 2.12. The first-order valence-electron chi connectivity index (χ1n) is 7.16. The normalized spacial score (nSPS) is 10.3. The van der Waals surface area contributed by atoms with Crippen LogP contribution < -0.4 is 0 Å². The number of carbonyl (C=O) groups excluding carboxylic acids is 2. The van der Waals surface area contributed by atoms with Gasteiger partial charge in [0.25, 0.3) is 11.6 Å². The van der Waals surface area contributed by atoms with Crippen molar-refractivity contribution in [1.29, 1.82) is 0 Å². The van der Waals surface area contributed by atoms with E-state index in [9.17, 15) is 19.7 Å². The molecule has 0 aliphatic carbocycles. The Kier molecular flexibility index (Phi) is 4.90. The van der Waals surface area contributed by atoms with Crippen LogP contribution in [0.1, 0.15) is 40.3 Å². The van der Waals surface area contributed by atoms with Gasteiger partial charge in [-0.05, 0) is 31.0 Å². The van der Waals surface area contributed by atoms with Gasteiger partial charge in [0.1, 0.15) is 11.3 Å². The van der Waals surface area contributed by atoms with Crippen molar-refractivity contribution in [3.63, 3.8) is 0 Å². The smallest absolute Gasteiger partial charge is 0.355 e.